The van der Waals surface area contributed by atoms with Crippen LogP contribution in [0.2, 0.25) is 0 Å². The second kappa shape index (κ2) is 4.43. The van der Waals surface area contributed by atoms with Gasteiger partial charge in [0, 0.05) is 25.8 Å². The Morgan fingerprint density at radius 3 is 2.62 bits per heavy atom. The van der Waals surface area contributed by atoms with E-state index in [9.17, 15) is 0 Å². The van der Waals surface area contributed by atoms with Gasteiger partial charge in [-0.15, -0.1) is 0 Å². The maximum atomic E-state index is 5.39. The van der Waals surface area contributed by atoms with E-state index in [1.807, 2.05) is 0 Å². The zero-order chi connectivity index (χ0) is 9.10. The summed E-state index contributed by atoms with van der Waals surface area (Å²) in [6.07, 6.45) is 5.34. The first-order valence-electron chi connectivity index (χ1n) is 5.68. The van der Waals surface area contributed by atoms with Crippen LogP contribution in [0.3, 0.4) is 0 Å². The van der Waals surface area contributed by atoms with E-state index in [1.165, 1.54) is 38.8 Å². The van der Waals surface area contributed by atoms with Crippen LogP contribution in [-0.4, -0.2) is 37.2 Å². The first-order chi connectivity index (χ1) is 6.36. The molecule has 2 aliphatic heterocycles. The summed E-state index contributed by atoms with van der Waals surface area (Å²) in [5, 5.41) is 0. The molecule has 0 aliphatic carbocycles. The third-order valence-corrected chi connectivity index (χ3v) is 3.40. The second-order valence-corrected chi connectivity index (χ2v) is 4.59. The van der Waals surface area contributed by atoms with Crippen LogP contribution in [0.15, 0.2) is 0 Å². The van der Waals surface area contributed by atoms with E-state index in [2.05, 4.69) is 11.8 Å². The van der Waals surface area contributed by atoms with Crippen LogP contribution < -0.4 is 0 Å². The predicted octanol–water partition coefficient (Wildman–Crippen LogP) is 1.90. The summed E-state index contributed by atoms with van der Waals surface area (Å²) in [5.74, 6) is 0.914. The molecule has 13 heavy (non-hydrogen) atoms. The monoisotopic (exact) mass is 183 g/mol. The maximum Gasteiger partial charge on any atom is 0.0480 e. The molecule has 2 saturated heterocycles. The highest BCUT2D eigenvalue weighted by molar-refractivity contribution is 4.79. The van der Waals surface area contributed by atoms with Gasteiger partial charge in [-0.05, 0) is 38.1 Å². The lowest BCUT2D eigenvalue weighted by Gasteiger charge is -2.39. The molecule has 0 aromatic heterocycles. The minimum atomic E-state index is 0.830. The average molecular weight is 183 g/mol. The minimum Gasteiger partial charge on any atom is -0.381 e. The third-order valence-electron chi connectivity index (χ3n) is 3.40. The predicted molar refractivity (Wildman–Crippen MR) is 53.8 cm³/mol. The summed E-state index contributed by atoms with van der Waals surface area (Å²) >= 11 is 0. The van der Waals surface area contributed by atoms with Crippen molar-refractivity contribution < 1.29 is 4.74 Å². The molecule has 0 unspecified atom stereocenters. The van der Waals surface area contributed by atoms with Crippen LogP contribution in [0.5, 0.6) is 0 Å². The highest BCUT2D eigenvalue weighted by Crippen LogP contribution is 2.22. The molecule has 76 valence electrons. The number of hydrogen-bond acceptors (Lipinski definition) is 2. The Morgan fingerprint density at radius 2 is 1.92 bits per heavy atom. The topological polar surface area (TPSA) is 12.5 Å². The number of rotatable bonds is 1. The third kappa shape index (κ3) is 2.44. The molecule has 0 aromatic carbocycles. The Morgan fingerprint density at radius 1 is 1.15 bits per heavy atom. The van der Waals surface area contributed by atoms with Crippen molar-refractivity contribution in [2.45, 2.75) is 38.6 Å². The van der Waals surface area contributed by atoms with Gasteiger partial charge in [0.25, 0.3) is 0 Å². The van der Waals surface area contributed by atoms with Gasteiger partial charge in [0.1, 0.15) is 0 Å². The highest BCUT2D eigenvalue weighted by Gasteiger charge is 2.25. The van der Waals surface area contributed by atoms with Gasteiger partial charge in [-0.3, -0.25) is 4.90 Å². The smallest absolute Gasteiger partial charge is 0.0480 e. The molecule has 2 heteroatoms. The average Bonchev–Trinajstić information content (AvgIpc) is 2.19. The first-order valence-corrected chi connectivity index (χ1v) is 5.68. The summed E-state index contributed by atoms with van der Waals surface area (Å²) in [4.78, 5) is 2.69. The molecule has 2 rings (SSSR count). The highest BCUT2D eigenvalue weighted by atomic mass is 16.5. The van der Waals surface area contributed by atoms with E-state index in [0.29, 0.717) is 0 Å². The maximum absolute atomic E-state index is 5.39. The van der Waals surface area contributed by atoms with Gasteiger partial charge in [0.05, 0.1) is 0 Å². The number of ether oxygens (including phenoxy) is 1. The van der Waals surface area contributed by atoms with Crippen molar-refractivity contribution in [3.63, 3.8) is 0 Å². The van der Waals surface area contributed by atoms with Crippen molar-refractivity contribution in [2.24, 2.45) is 5.92 Å². The van der Waals surface area contributed by atoms with Crippen LogP contribution in [0, 0.1) is 5.92 Å². The standard InChI is InChI=1S/C11H21NO/c1-10-3-2-6-12(9-10)11-4-7-13-8-5-11/h10-11H,2-9H2,1H3/t10-/m0/s1. The van der Waals surface area contributed by atoms with Crippen LogP contribution in [0.4, 0.5) is 0 Å². The van der Waals surface area contributed by atoms with Gasteiger partial charge in [-0.25, -0.2) is 0 Å². The van der Waals surface area contributed by atoms with E-state index >= 15 is 0 Å². The molecule has 0 bridgehead atoms. The van der Waals surface area contributed by atoms with Crippen LogP contribution in [0.25, 0.3) is 0 Å². The molecule has 0 N–H and O–H groups in total. The lowest BCUT2D eigenvalue weighted by atomic mass is 9.96. The van der Waals surface area contributed by atoms with Crippen LogP contribution >= 0.6 is 0 Å². The van der Waals surface area contributed by atoms with Gasteiger partial charge >= 0.3 is 0 Å². The molecule has 0 aromatic rings. The minimum absolute atomic E-state index is 0.830. The molecule has 1 atom stereocenters. The van der Waals surface area contributed by atoms with Gasteiger partial charge in [-0.2, -0.15) is 0 Å². The summed E-state index contributed by atoms with van der Waals surface area (Å²) < 4.78 is 5.39. The van der Waals surface area contributed by atoms with Crippen molar-refractivity contribution >= 4 is 0 Å². The molecule has 0 amide bonds. The molecule has 0 spiro atoms. The molecule has 0 radical (unpaired) electrons. The van der Waals surface area contributed by atoms with Gasteiger partial charge in [0.15, 0.2) is 0 Å². The Labute approximate surface area is 81.3 Å². The van der Waals surface area contributed by atoms with E-state index in [4.69, 9.17) is 4.74 Å². The molecule has 2 heterocycles. The van der Waals surface area contributed by atoms with Crippen molar-refractivity contribution in [3.8, 4) is 0 Å². The quantitative estimate of drug-likeness (QED) is 0.615. The van der Waals surface area contributed by atoms with Crippen LogP contribution in [-0.2, 0) is 4.74 Å². The Kier molecular flexibility index (Phi) is 3.23. The zero-order valence-corrected chi connectivity index (χ0v) is 8.67. The summed E-state index contributed by atoms with van der Waals surface area (Å²) in [6, 6.07) is 0.830. The number of hydrogen-bond donors (Lipinski definition) is 0. The molecule has 2 nitrogen and oxygen atoms in total. The van der Waals surface area contributed by atoms with Crippen LogP contribution in [0.1, 0.15) is 32.6 Å². The Bertz CT molecular complexity index is 154. The van der Waals surface area contributed by atoms with Gasteiger partial charge in [0.2, 0.25) is 0 Å². The number of nitrogens with zero attached hydrogens (tertiary/aromatic N) is 1. The van der Waals surface area contributed by atoms with Crippen molar-refractivity contribution in [1.82, 2.24) is 4.90 Å². The van der Waals surface area contributed by atoms with E-state index in [0.717, 1.165) is 25.2 Å². The molecular formula is C11H21NO. The molecule has 0 saturated carbocycles. The fourth-order valence-electron chi connectivity index (χ4n) is 2.61. The number of piperidine rings is 1. The molecular weight excluding hydrogens is 162 g/mol. The molecule has 2 fully saturated rings. The van der Waals surface area contributed by atoms with Crippen molar-refractivity contribution in [1.29, 1.82) is 0 Å². The lowest BCUT2D eigenvalue weighted by Crippen LogP contribution is -2.44. The fraction of sp³-hybridized carbons (Fsp3) is 1.00. The first kappa shape index (κ1) is 9.47. The Balaban J connectivity index is 1.83. The van der Waals surface area contributed by atoms with Crippen molar-refractivity contribution in [3.05, 3.63) is 0 Å². The Hall–Kier alpha value is -0.0800. The normalized spacial score (nSPS) is 33.5. The largest absolute Gasteiger partial charge is 0.381 e. The summed E-state index contributed by atoms with van der Waals surface area (Å²) in [7, 11) is 0. The van der Waals surface area contributed by atoms with Gasteiger partial charge < -0.3 is 4.74 Å². The van der Waals surface area contributed by atoms with E-state index in [-0.39, 0.29) is 0 Å². The fourth-order valence-corrected chi connectivity index (χ4v) is 2.61. The summed E-state index contributed by atoms with van der Waals surface area (Å²) in [6.45, 7) is 7.00. The second-order valence-electron chi connectivity index (χ2n) is 4.59. The van der Waals surface area contributed by atoms with E-state index in [1.54, 1.807) is 0 Å². The van der Waals surface area contributed by atoms with E-state index < -0.39 is 0 Å². The SMILES string of the molecule is C[C@H]1CCCN(C2CCOCC2)C1. The van der Waals surface area contributed by atoms with Crippen molar-refractivity contribution in [2.75, 3.05) is 26.3 Å². The lowest BCUT2D eigenvalue weighted by molar-refractivity contribution is 0.0195. The molecule has 2 aliphatic rings. The number of likely N-dealkylation sites (tertiary alicyclic amines) is 1. The van der Waals surface area contributed by atoms with Gasteiger partial charge in [-0.1, -0.05) is 6.92 Å². The zero-order valence-electron chi connectivity index (χ0n) is 8.67. The summed E-state index contributed by atoms with van der Waals surface area (Å²) in [5.41, 5.74) is 0.